The van der Waals surface area contributed by atoms with E-state index in [1.54, 1.807) is 34.8 Å². The molecule has 0 saturated carbocycles. The number of likely N-dealkylation sites (tertiary alicyclic amines) is 1. The number of para-hydroxylation sites is 1. The van der Waals surface area contributed by atoms with Gasteiger partial charge >= 0.3 is 0 Å². The van der Waals surface area contributed by atoms with Gasteiger partial charge in [0.15, 0.2) is 17.2 Å². The van der Waals surface area contributed by atoms with Crippen molar-refractivity contribution < 1.29 is 13.6 Å². The molecular weight excluding hydrogens is 309 g/mol. The Morgan fingerprint density at radius 2 is 2.25 bits per heavy atom. The molecule has 5 nitrogen and oxygen atoms in total. The third-order valence-electron chi connectivity index (χ3n) is 4.73. The molecule has 1 saturated heterocycles. The first-order valence-electron chi connectivity index (χ1n) is 8.03. The number of carbonyl (C=O) groups is 1. The highest BCUT2D eigenvalue weighted by atomic mass is 19.1. The minimum Gasteiger partial charge on any atom is -0.448 e. The number of rotatable bonds is 2. The molecule has 1 aliphatic rings. The maximum Gasteiger partial charge on any atom is 0.290 e. The van der Waals surface area contributed by atoms with E-state index in [2.05, 4.69) is 5.10 Å². The van der Waals surface area contributed by atoms with E-state index in [1.807, 2.05) is 13.2 Å². The van der Waals surface area contributed by atoms with Gasteiger partial charge in [-0.05, 0) is 25.8 Å². The molecule has 0 N–H and O–H groups in total. The molecule has 1 amide bonds. The predicted molar refractivity (Wildman–Crippen MR) is 87.1 cm³/mol. The molecule has 3 heterocycles. The molecule has 0 spiro atoms. The molecule has 1 unspecified atom stereocenters. The summed E-state index contributed by atoms with van der Waals surface area (Å²) in [5.74, 6) is -0.403. The van der Waals surface area contributed by atoms with Crippen molar-refractivity contribution >= 4 is 16.9 Å². The number of hydrogen-bond acceptors (Lipinski definition) is 3. The number of furan rings is 1. The molecule has 0 bridgehead atoms. The first-order valence-corrected chi connectivity index (χ1v) is 8.03. The molecule has 3 aromatic rings. The Bertz CT molecular complexity index is 928. The first-order chi connectivity index (χ1) is 11.6. The number of aryl methyl sites for hydroxylation is 2. The zero-order chi connectivity index (χ0) is 16.8. The SMILES string of the molecule is Cc1c(C(=O)N2CCCC2c2cnn(C)c2)oc2c(F)cccc12. The van der Waals surface area contributed by atoms with Crippen molar-refractivity contribution in [1.29, 1.82) is 0 Å². The van der Waals surface area contributed by atoms with Crippen LogP contribution in [0, 0.1) is 12.7 Å². The lowest BCUT2D eigenvalue weighted by Crippen LogP contribution is -2.30. The minimum absolute atomic E-state index is 0.0105. The largest absolute Gasteiger partial charge is 0.448 e. The van der Waals surface area contributed by atoms with Crippen LogP contribution in [-0.4, -0.2) is 27.1 Å². The lowest BCUT2D eigenvalue weighted by molar-refractivity contribution is 0.0704. The topological polar surface area (TPSA) is 51.3 Å². The van der Waals surface area contributed by atoms with Crippen LogP contribution in [0.5, 0.6) is 0 Å². The Balaban J connectivity index is 1.73. The van der Waals surface area contributed by atoms with Crippen LogP contribution in [0.4, 0.5) is 4.39 Å². The van der Waals surface area contributed by atoms with Gasteiger partial charge in [-0.25, -0.2) is 4.39 Å². The highest BCUT2D eigenvalue weighted by Crippen LogP contribution is 2.35. The number of carbonyl (C=O) groups excluding carboxylic acids is 1. The minimum atomic E-state index is -0.445. The van der Waals surface area contributed by atoms with Gasteiger partial charge in [-0.1, -0.05) is 12.1 Å². The van der Waals surface area contributed by atoms with Crippen molar-refractivity contribution in [2.24, 2.45) is 7.05 Å². The maximum absolute atomic E-state index is 13.9. The third-order valence-corrected chi connectivity index (χ3v) is 4.73. The molecule has 4 rings (SSSR count). The molecule has 1 aromatic carbocycles. The summed E-state index contributed by atoms with van der Waals surface area (Å²) in [5.41, 5.74) is 1.85. The van der Waals surface area contributed by atoms with Crippen LogP contribution in [0.25, 0.3) is 11.0 Å². The smallest absolute Gasteiger partial charge is 0.290 e. The average Bonchev–Trinajstić information content (AvgIpc) is 3.26. The summed E-state index contributed by atoms with van der Waals surface area (Å²) in [4.78, 5) is 14.8. The van der Waals surface area contributed by atoms with Crippen molar-refractivity contribution in [3.63, 3.8) is 0 Å². The zero-order valence-corrected chi connectivity index (χ0v) is 13.6. The van der Waals surface area contributed by atoms with E-state index in [4.69, 9.17) is 4.42 Å². The highest BCUT2D eigenvalue weighted by molar-refractivity contribution is 5.99. The number of hydrogen-bond donors (Lipinski definition) is 0. The van der Waals surface area contributed by atoms with Crippen molar-refractivity contribution in [2.75, 3.05) is 6.54 Å². The number of amides is 1. The van der Waals surface area contributed by atoms with Gasteiger partial charge in [0.1, 0.15) is 0 Å². The normalized spacial score (nSPS) is 17.8. The Kier molecular flexibility index (Phi) is 3.40. The molecule has 1 aliphatic heterocycles. The Labute approximate surface area is 138 Å². The van der Waals surface area contributed by atoms with E-state index in [0.717, 1.165) is 18.4 Å². The van der Waals surface area contributed by atoms with Gasteiger partial charge in [0.2, 0.25) is 0 Å². The predicted octanol–water partition coefficient (Wildman–Crippen LogP) is 3.59. The van der Waals surface area contributed by atoms with Crippen molar-refractivity contribution in [3.05, 3.63) is 53.3 Å². The Morgan fingerprint density at radius 1 is 1.42 bits per heavy atom. The zero-order valence-electron chi connectivity index (χ0n) is 13.6. The summed E-state index contributed by atoms with van der Waals surface area (Å²) in [7, 11) is 1.86. The fraction of sp³-hybridized carbons (Fsp3) is 0.333. The number of benzene rings is 1. The van der Waals surface area contributed by atoms with E-state index in [9.17, 15) is 9.18 Å². The summed E-state index contributed by atoms with van der Waals surface area (Å²) < 4.78 is 21.3. The van der Waals surface area contributed by atoms with Gasteiger partial charge in [0.05, 0.1) is 12.2 Å². The van der Waals surface area contributed by atoms with Gasteiger partial charge in [-0.3, -0.25) is 9.48 Å². The molecule has 1 atom stereocenters. The number of aromatic nitrogens is 2. The average molecular weight is 327 g/mol. The van der Waals surface area contributed by atoms with Crippen LogP contribution in [-0.2, 0) is 7.05 Å². The van der Waals surface area contributed by atoms with E-state index in [-0.39, 0.29) is 23.3 Å². The number of nitrogens with zero attached hydrogens (tertiary/aromatic N) is 3. The van der Waals surface area contributed by atoms with Crippen LogP contribution in [0.1, 0.15) is 40.6 Å². The van der Waals surface area contributed by atoms with Crippen molar-refractivity contribution in [1.82, 2.24) is 14.7 Å². The molecule has 124 valence electrons. The summed E-state index contributed by atoms with van der Waals surface area (Å²) in [6, 6.07) is 4.73. The van der Waals surface area contributed by atoms with E-state index < -0.39 is 5.82 Å². The van der Waals surface area contributed by atoms with Crippen LogP contribution >= 0.6 is 0 Å². The van der Waals surface area contributed by atoms with Crippen LogP contribution in [0.3, 0.4) is 0 Å². The molecule has 24 heavy (non-hydrogen) atoms. The fourth-order valence-electron chi connectivity index (χ4n) is 3.51. The van der Waals surface area contributed by atoms with E-state index in [0.29, 0.717) is 17.5 Å². The second-order valence-electron chi connectivity index (χ2n) is 6.28. The van der Waals surface area contributed by atoms with E-state index in [1.165, 1.54) is 6.07 Å². The van der Waals surface area contributed by atoms with Gasteiger partial charge in [-0.2, -0.15) is 5.10 Å². The molecule has 2 aromatic heterocycles. The molecule has 0 radical (unpaired) electrons. The van der Waals surface area contributed by atoms with Gasteiger partial charge in [-0.15, -0.1) is 0 Å². The number of fused-ring (bicyclic) bond motifs is 1. The number of halogens is 1. The Hall–Kier alpha value is -2.63. The second kappa shape index (κ2) is 5.47. The maximum atomic E-state index is 13.9. The lowest BCUT2D eigenvalue weighted by atomic mass is 10.1. The van der Waals surface area contributed by atoms with E-state index >= 15 is 0 Å². The first kappa shape index (κ1) is 14.9. The molecule has 0 aliphatic carbocycles. The fourth-order valence-corrected chi connectivity index (χ4v) is 3.51. The summed E-state index contributed by atoms with van der Waals surface area (Å²) in [6.45, 7) is 2.46. The quantitative estimate of drug-likeness (QED) is 0.723. The summed E-state index contributed by atoms with van der Waals surface area (Å²) in [5, 5.41) is 4.85. The summed E-state index contributed by atoms with van der Waals surface area (Å²) in [6.07, 6.45) is 5.55. The van der Waals surface area contributed by atoms with Gasteiger partial charge in [0, 0.05) is 36.3 Å². The monoisotopic (exact) mass is 327 g/mol. The molecule has 6 heteroatoms. The molecular formula is C18H18FN3O2. The van der Waals surface area contributed by atoms with Crippen LogP contribution in [0.2, 0.25) is 0 Å². The lowest BCUT2D eigenvalue weighted by Gasteiger charge is -2.23. The van der Waals surface area contributed by atoms with Gasteiger partial charge in [0.25, 0.3) is 5.91 Å². The standard InChI is InChI=1S/C18H18FN3O2/c1-11-13-5-3-6-14(19)17(13)24-16(11)18(23)22-8-4-7-15(22)12-9-20-21(2)10-12/h3,5-6,9-10,15H,4,7-8H2,1-2H3. The van der Waals surface area contributed by atoms with Crippen LogP contribution < -0.4 is 0 Å². The van der Waals surface area contributed by atoms with Crippen molar-refractivity contribution in [3.8, 4) is 0 Å². The van der Waals surface area contributed by atoms with Gasteiger partial charge < -0.3 is 9.32 Å². The third kappa shape index (κ3) is 2.21. The van der Waals surface area contributed by atoms with Crippen molar-refractivity contribution in [2.45, 2.75) is 25.8 Å². The molecule has 1 fully saturated rings. The second-order valence-corrected chi connectivity index (χ2v) is 6.28. The highest BCUT2D eigenvalue weighted by Gasteiger charge is 2.34. The van der Waals surface area contributed by atoms with Crippen LogP contribution in [0.15, 0.2) is 35.0 Å². The summed E-state index contributed by atoms with van der Waals surface area (Å²) >= 11 is 0. The Morgan fingerprint density at radius 3 is 2.96 bits per heavy atom.